The third-order valence-electron chi connectivity index (χ3n) is 4.32. The molecule has 4 nitrogen and oxygen atoms in total. The maximum atomic E-state index is 12.3. The molecule has 3 rings (SSSR count). The number of hydrogen-bond donors (Lipinski definition) is 1. The van der Waals surface area contributed by atoms with Gasteiger partial charge in [-0.1, -0.05) is 6.07 Å². The van der Waals surface area contributed by atoms with Crippen LogP contribution in [0.3, 0.4) is 0 Å². The lowest BCUT2D eigenvalue weighted by molar-refractivity contribution is 0.587. The molecular weight excluding hydrogens is 272 g/mol. The Kier molecular flexibility index (Phi) is 3.73. The van der Waals surface area contributed by atoms with Gasteiger partial charge in [0.2, 0.25) is 10.0 Å². The van der Waals surface area contributed by atoms with E-state index in [4.69, 9.17) is 0 Å². The van der Waals surface area contributed by atoms with Crippen molar-refractivity contribution in [3.05, 3.63) is 28.8 Å². The van der Waals surface area contributed by atoms with Gasteiger partial charge in [0.1, 0.15) is 0 Å². The number of nitrogens with one attached hydrogen (secondary N) is 1. The maximum absolute atomic E-state index is 12.3. The van der Waals surface area contributed by atoms with Gasteiger partial charge in [-0.2, -0.15) is 0 Å². The molecule has 2 aliphatic rings. The number of fused-ring (bicyclic) bond motifs is 2. The van der Waals surface area contributed by atoms with Gasteiger partial charge >= 0.3 is 0 Å². The van der Waals surface area contributed by atoms with Crippen LogP contribution in [0.15, 0.2) is 12.1 Å². The van der Waals surface area contributed by atoms with Crippen LogP contribution >= 0.6 is 0 Å². The van der Waals surface area contributed by atoms with Crippen molar-refractivity contribution in [2.24, 2.45) is 0 Å². The van der Waals surface area contributed by atoms with E-state index >= 15 is 0 Å². The van der Waals surface area contributed by atoms with Gasteiger partial charge in [-0.15, -0.1) is 0 Å². The van der Waals surface area contributed by atoms with E-state index in [1.807, 2.05) is 0 Å². The van der Waals surface area contributed by atoms with Crippen LogP contribution in [-0.2, 0) is 29.3 Å². The van der Waals surface area contributed by atoms with E-state index in [-0.39, 0.29) is 5.75 Å². The first kappa shape index (κ1) is 13.9. The molecule has 0 bridgehead atoms. The molecule has 2 heterocycles. The Hall–Kier alpha value is -1.07. The number of nitrogens with zero attached hydrogens (tertiary/aromatic N) is 1. The molecule has 0 saturated heterocycles. The summed E-state index contributed by atoms with van der Waals surface area (Å²) in [6.45, 7) is 4.34. The molecule has 0 unspecified atom stereocenters. The molecule has 0 fully saturated rings. The average Bonchev–Trinajstić information content (AvgIpc) is 2.68. The molecule has 5 heteroatoms. The first-order valence-electron chi connectivity index (χ1n) is 7.47. The fourth-order valence-corrected chi connectivity index (χ4v) is 4.36. The van der Waals surface area contributed by atoms with Crippen molar-refractivity contribution in [2.75, 3.05) is 29.7 Å². The molecule has 0 atom stereocenters. The van der Waals surface area contributed by atoms with E-state index in [0.717, 1.165) is 44.5 Å². The SMILES string of the molecule is CCS(=O)(=O)N1CCCc2cc3c(cc21)CCNCC3. The number of anilines is 1. The highest BCUT2D eigenvalue weighted by molar-refractivity contribution is 7.92. The van der Waals surface area contributed by atoms with Crippen LogP contribution in [0.4, 0.5) is 5.69 Å². The number of aryl methyl sites for hydroxylation is 1. The summed E-state index contributed by atoms with van der Waals surface area (Å²) in [5.41, 5.74) is 4.84. The standard InChI is InChI=1S/C15H22N2O2S/c1-2-20(18,19)17-9-3-4-14-10-12-5-7-16-8-6-13(12)11-15(14)17/h10-11,16H,2-9H2,1H3. The Morgan fingerprint density at radius 2 is 1.80 bits per heavy atom. The predicted octanol–water partition coefficient (Wildman–Crippen LogP) is 1.48. The summed E-state index contributed by atoms with van der Waals surface area (Å²) in [5.74, 6) is 0.172. The Morgan fingerprint density at radius 1 is 1.10 bits per heavy atom. The minimum Gasteiger partial charge on any atom is -0.316 e. The van der Waals surface area contributed by atoms with Crippen molar-refractivity contribution in [3.63, 3.8) is 0 Å². The monoisotopic (exact) mass is 294 g/mol. The van der Waals surface area contributed by atoms with Gasteiger partial charge in [0, 0.05) is 6.54 Å². The van der Waals surface area contributed by atoms with Gasteiger partial charge in [0.05, 0.1) is 11.4 Å². The van der Waals surface area contributed by atoms with Crippen LogP contribution in [-0.4, -0.2) is 33.8 Å². The lowest BCUT2D eigenvalue weighted by Crippen LogP contribution is -2.36. The summed E-state index contributed by atoms with van der Waals surface area (Å²) in [5, 5.41) is 3.41. The summed E-state index contributed by atoms with van der Waals surface area (Å²) >= 11 is 0. The lowest BCUT2D eigenvalue weighted by Gasteiger charge is -2.31. The number of sulfonamides is 1. The Balaban J connectivity index is 2.07. The largest absolute Gasteiger partial charge is 0.316 e. The fraction of sp³-hybridized carbons (Fsp3) is 0.600. The predicted molar refractivity (Wildman–Crippen MR) is 81.8 cm³/mol. The van der Waals surface area contributed by atoms with E-state index in [9.17, 15) is 8.42 Å². The molecule has 0 aliphatic carbocycles. The summed E-state index contributed by atoms with van der Waals surface area (Å²) < 4.78 is 26.2. The number of rotatable bonds is 2. The lowest BCUT2D eigenvalue weighted by atomic mass is 9.94. The fourth-order valence-electron chi connectivity index (χ4n) is 3.17. The molecule has 0 spiro atoms. The molecule has 0 aromatic heterocycles. The molecule has 20 heavy (non-hydrogen) atoms. The van der Waals surface area contributed by atoms with E-state index in [2.05, 4.69) is 17.4 Å². The first-order valence-corrected chi connectivity index (χ1v) is 9.08. The second kappa shape index (κ2) is 5.37. The third-order valence-corrected chi connectivity index (χ3v) is 6.10. The molecule has 1 aromatic carbocycles. The van der Waals surface area contributed by atoms with Gasteiger partial charge in [-0.25, -0.2) is 8.42 Å². The van der Waals surface area contributed by atoms with Gasteiger partial charge in [0.15, 0.2) is 0 Å². The van der Waals surface area contributed by atoms with E-state index in [0.29, 0.717) is 6.54 Å². The van der Waals surface area contributed by atoms with Crippen LogP contribution in [0.2, 0.25) is 0 Å². The van der Waals surface area contributed by atoms with Crippen LogP contribution in [0.5, 0.6) is 0 Å². The summed E-state index contributed by atoms with van der Waals surface area (Å²) in [6, 6.07) is 4.37. The Morgan fingerprint density at radius 3 is 2.50 bits per heavy atom. The van der Waals surface area contributed by atoms with Crippen molar-refractivity contribution in [1.29, 1.82) is 0 Å². The zero-order valence-corrected chi connectivity index (χ0v) is 12.8. The van der Waals surface area contributed by atoms with Gasteiger partial charge in [-0.05, 0) is 68.5 Å². The molecule has 0 radical (unpaired) electrons. The van der Waals surface area contributed by atoms with Crippen LogP contribution in [0.1, 0.15) is 30.0 Å². The van der Waals surface area contributed by atoms with E-state index in [1.54, 1.807) is 11.2 Å². The quantitative estimate of drug-likeness (QED) is 0.899. The topological polar surface area (TPSA) is 49.4 Å². The van der Waals surface area contributed by atoms with Crippen molar-refractivity contribution < 1.29 is 8.42 Å². The average molecular weight is 294 g/mol. The van der Waals surface area contributed by atoms with E-state index < -0.39 is 10.0 Å². The second-order valence-corrected chi connectivity index (χ2v) is 7.76. The normalized spacial score (nSPS) is 19.1. The van der Waals surface area contributed by atoms with Crippen molar-refractivity contribution in [2.45, 2.75) is 32.6 Å². The molecule has 1 aromatic rings. The highest BCUT2D eigenvalue weighted by Crippen LogP contribution is 2.33. The van der Waals surface area contributed by atoms with Gasteiger partial charge in [-0.3, -0.25) is 4.31 Å². The van der Waals surface area contributed by atoms with Crippen LogP contribution in [0.25, 0.3) is 0 Å². The molecule has 2 aliphatic heterocycles. The Bertz CT molecular complexity index is 611. The molecule has 1 N–H and O–H groups in total. The number of hydrogen-bond acceptors (Lipinski definition) is 3. The zero-order chi connectivity index (χ0) is 14.2. The molecular formula is C15H22N2O2S. The second-order valence-electron chi connectivity index (χ2n) is 5.58. The van der Waals surface area contributed by atoms with Crippen molar-refractivity contribution in [3.8, 4) is 0 Å². The summed E-state index contributed by atoms with van der Waals surface area (Å²) in [6.07, 6.45) is 3.95. The van der Waals surface area contributed by atoms with E-state index in [1.165, 1.54) is 16.7 Å². The highest BCUT2D eigenvalue weighted by Gasteiger charge is 2.27. The van der Waals surface area contributed by atoms with Crippen LogP contribution < -0.4 is 9.62 Å². The first-order chi connectivity index (χ1) is 9.62. The number of benzene rings is 1. The third kappa shape index (κ3) is 2.44. The van der Waals surface area contributed by atoms with Gasteiger partial charge < -0.3 is 5.32 Å². The highest BCUT2D eigenvalue weighted by atomic mass is 32.2. The van der Waals surface area contributed by atoms with Crippen LogP contribution in [0, 0.1) is 0 Å². The van der Waals surface area contributed by atoms with Gasteiger partial charge in [0.25, 0.3) is 0 Å². The minimum absolute atomic E-state index is 0.172. The molecule has 0 saturated carbocycles. The van der Waals surface area contributed by atoms with Crippen molar-refractivity contribution >= 4 is 15.7 Å². The molecule has 110 valence electrons. The summed E-state index contributed by atoms with van der Waals surface area (Å²) in [4.78, 5) is 0. The maximum Gasteiger partial charge on any atom is 0.234 e. The smallest absolute Gasteiger partial charge is 0.234 e. The summed E-state index contributed by atoms with van der Waals surface area (Å²) in [7, 11) is -3.15. The Labute approximate surface area is 121 Å². The molecule has 0 amide bonds. The van der Waals surface area contributed by atoms with Crippen molar-refractivity contribution in [1.82, 2.24) is 5.32 Å². The zero-order valence-electron chi connectivity index (χ0n) is 12.0. The minimum atomic E-state index is -3.15.